The lowest BCUT2D eigenvalue weighted by Crippen LogP contribution is -2.00. The monoisotopic (exact) mass is 276 g/mol. The third kappa shape index (κ3) is 2.80. The Labute approximate surface area is 96.0 Å². The number of alkyl halides is 1. The maximum Gasteiger partial charge on any atom is 0.163 e. The number of hydrogen-bond donors (Lipinski definition) is 1. The summed E-state index contributed by atoms with van der Waals surface area (Å²) >= 11 is 9.00. The van der Waals surface area contributed by atoms with Crippen LogP contribution in [0.2, 0.25) is 5.02 Å². The van der Waals surface area contributed by atoms with Gasteiger partial charge in [0.2, 0.25) is 0 Å². The summed E-state index contributed by atoms with van der Waals surface area (Å²) in [6.07, 6.45) is 0.451. The average Bonchev–Trinajstić information content (AvgIpc) is 2.19. The van der Waals surface area contributed by atoms with E-state index in [1.165, 1.54) is 0 Å². The number of Topliss-reactive ketones (excluding diaryl/α,β-unsaturated/α-hetero) is 1. The molecule has 0 aromatic heterocycles. The molecule has 0 saturated heterocycles. The first-order valence-electron chi connectivity index (χ1n) is 4.17. The lowest BCUT2D eigenvalue weighted by molar-refractivity contribution is 0.0989. The molecule has 76 valence electrons. The van der Waals surface area contributed by atoms with Crippen LogP contribution in [-0.2, 0) is 6.61 Å². The van der Waals surface area contributed by atoms with E-state index in [0.29, 0.717) is 27.9 Å². The van der Waals surface area contributed by atoms with Crippen molar-refractivity contribution in [2.45, 2.75) is 13.0 Å². The van der Waals surface area contributed by atoms with Gasteiger partial charge in [-0.25, -0.2) is 0 Å². The molecule has 0 atom stereocenters. The van der Waals surface area contributed by atoms with Crippen molar-refractivity contribution >= 4 is 33.3 Å². The normalized spacial score (nSPS) is 10.2. The summed E-state index contributed by atoms with van der Waals surface area (Å²) in [6.45, 7) is -0.145. The van der Waals surface area contributed by atoms with E-state index in [1.54, 1.807) is 18.2 Å². The third-order valence-corrected chi connectivity index (χ3v) is 2.62. The van der Waals surface area contributed by atoms with Crippen molar-refractivity contribution in [3.05, 3.63) is 34.3 Å². The van der Waals surface area contributed by atoms with E-state index >= 15 is 0 Å². The van der Waals surface area contributed by atoms with Crippen LogP contribution in [0.3, 0.4) is 0 Å². The summed E-state index contributed by atoms with van der Waals surface area (Å²) in [5.41, 5.74) is 1.19. The number of rotatable bonds is 4. The van der Waals surface area contributed by atoms with E-state index < -0.39 is 0 Å². The van der Waals surface area contributed by atoms with Gasteiger partial charge in [-0.15, -0.1) is 0 Å². The first-order valence-corrected chi connectivity index (χ1v) is 5.67. The molecule has 4 heteroatoms. The van der Waals surface area contributed by atoms with Crippen LogP contribution < -0.4 is 0 Å². The fourth-order valence-electron chi connectivity index (χ4n) is 1.10. The number of ketones is 1. The molecule has 0 aliphatic heterocycles. The molecule has 0 aliphatic carbocycles. The van der Waals surface area contributed by atoms with Gasteiger partial charge in [-0.3, -0.25) is 4.79 Å². The SMILES string of the molecule is O=C(CCBr)c1ccc(Cl)c(CO)c1. The van der Waals surface area contributed by atoms with E-state index in [4.69, 9.17) is 16.7 Å². The highest BCUT2D eigenvalue weighted by Crippen LogP contribution is 2.18. The molecule has 1 rings (SSSR count). The molecule has 1 N–H and O–H groups in total. The summed E-state index contributed by atoms with van der Waals surface area (Å²) in [7, 11) is 0. The zero-order chi connectivity index (χ0) is 10.6. The minimum Gasteiger partial charge on any atom is -0.392 e. The van der Waals surface area contributed by atoms with Crippen molar-refractivity contribution in [1.82, 2.24) is 0 Å². The highest BCUT2D eigenvalue weighted by atomic mass is 79.9. The first kappa shape index (κ1) is 11.7. The lowest BCUT2D eigenvalue weighted by Gasteiger charge is -2.03. The van der Waals surface area contributed by atoms with Gasteiger partial charge in [-0.2, -0.15) is 0 Å². The lowest BCUT2D eigenvalue weighted by atomic mass is 10.1. The Morgan fingerprint density at radius 2 is 2.21 bits per heavy atom. The second-order valence-corrected chi connectivity index (χ2v) is 4.03. The molecule has 14 heavy (non-hydrogen) atoms. The molecule has 0 heterocycles. The Hall–Kier alpha value is -0.380. The fraction of sp³-hybridized carbons (Fsp3) is 0.300. The van der Waals surface area contributed by atoms with Gasteiger partial charge in [0.1, 0.15) is 0 Å². The largest absolute Gasteiger partial charge is 0.392 e. The molecule has 0 spiro atoms. The smallest absolute Gasteiger partial charge is 0.163 e. The minimum atomic E-state index is -0.145. The van der Waals surface area contributed by atoms with E-state index in [1.807, 2.05) is 0 Å². The van der Waals surface area contributed by atoms with Gasteiger partial charge < -0.3 is 5.11 Å². The van der Waals surface area contributed by atoms with Crippen LogP contribution in [0.1, 0.15) is 22.3 Å². The molecule has 0 bridgehead atoms. The standard InChI is InChI=1S/C10H10BrClO2/c11-4-3-10(14)7-1-2-9(12)8(5-7)6-13/h1-2,5,13H,3-4,6H2. The van der Waals surface area contributed by atoms with Gasteiger partial charge in [0.25, 0.3) is 0 Å². The Kier molecular flexibility index (Phi) is 4.58. The maximum atomic E-state index is 11.5. The van der Waals surface area contributed by atoms with Crippen LogP contribution in [0.15, 0.2) is 18.2 Å². The molecule has 0 radical (unpaired) electrons. The van der Waals surface area contributed by atoms with E-state index in [2.05, 4.69) is 15.9 Å². The molecule has 2 nitrogen and oxygen atoms in total. The molecule has 1 aromatic rings. The number of aliphatic hydroxyl groups excluding tert-OH is 1. The van der Waals surface area contributed by atoms with Crippen LogP contribution in [-0.4, -0.2) is 16.2 Å². The van der Waals surface area contributed by atoms with Crippen LogP contribution in [0, 0.1) is 0 Å². The van der Waals surface area contributed by atoms with Crippen LogP contribution in [0.5, 0.6) is 0 Å². The molecular weight excluding hydrogens is 267 g/mol. The zero-order valence-corrected chi connectivity index (χ0v) is 9.81. The number of halogens is 2. The Morgan fingerprint density at radius 1 is 1.50 bits per heavy atom. The van der Waals surface area contributed by atoms with Crippen LogP contribution >= 0.6 is 27.5 Å². The molecule has 0 aliphatic rings. The summed E-state index contributed by atoms with van der Waals surface area (Å²) in [5, 5.41) is 10.1. The van der Waals surface area contributed by atoms with Gasteiger partial charge >= 0.3 is 0 Å². The summed E-state index contributed by atoms with van der Waals surface area (Å²) in [5.74, 6) is 0.0493. The molecule has 0 saturated carbocycles. The van der Waals surface area contributed by atoms with Gasteiger partial charge in [0.15, 0.2) is 5.78 Å². The van der Waals surface area contributed by atoms with Gasteiger partial charge in [-0.05, 0) is 23.8 Å². The van der Waals surface area contributed by atoms with Crippen molar-refractivity contribution in [3.8, 4) is 0 Å². The highest BCUT2D eigenvalue weighted by molar-refractivity contribution is 9.09. The average molecular weight is 278 g/mol. The van der Waals surface area contributed by atoms with Crippen molar-refractivity contribution in [2.75, 3.05) is 5.33 Å². The van der Waals surface area contributed by atoms with Crippen molar-refractivity contribution in [2.24, 2.45) is 0 Å². The van der Waals surface area contributed by atoms with Crippen molar-refractivity contribution in [3.63, 3.8) is 0 Å². The van der Waals surface area contributed by atoms with E-state index in [9.17, 15) is 4.79 Å². The number of hydrogen-bond acceptors (Lipinski definition) is 2. The highest BCUT2D eigenvalue weighted by Gasteiger charge is 2.07. The summed E-state index contributed by atoms with van der Waals surface area (Å²) < 4.78 is 0. The molecule has 1 aromatic carbocycles. The Bertz CT molecular complexity index is 339. The quantitative estimate of drug-likeness (QED) is 0.679. The number of benzene rings is 1. The fourth-order valence-corrected chi connectivity index (χ4v) is 1.64. The number of carbonyl (C=O) groups excluding carboxylic acids is 1. The van der Waals surface area contributed by atoms with Crippen LogP contribution in [0.25, 0.3) is 0 Å². The molecular formula is C10H10BrClO2. The second-order valence-electron chi connectivity index (χ2n) is 2.83. The summed E-state index contributed by atoms with van der Waals surface area (Å²) in [4.78, 5) is 11.5. The maximum absolute atomic E-state index is 11.5. The van der Waals surface area contributed by atoms with Crippen molar-refractivity contribution in [1.29, 1.82) is 0 Å². The van der Waals surface area contributed by atoms with E-state index in [0.717, 1.165) is 0 Å². The predicted molar refractivity (Wildman–Crippen MR) is 60.1 cm³/mol. The van der Waals surface area contributed by atoms with Crippen molar-refractivity contribution < 1.29 is 9.90 Å². The Balaban J connectivity index is 2.94. The summed E-state index contributed by atoms with van der Waals surface area (Å²) in [6, 6.07) is 4.94. The van der Waals surface area contributed by atoms with Gasteiger partial charge in [0, 0.05) is 22.3 Å². The predicted octanol–water partition coefficient (Wildman–Crippen LogP) is 2.80. The number of carbonyl (C=O) groups is 1. The third-order valence-electron chi connectivity index (χ3n) is 1.86. The molecule has 0 unspecified atom stereocenters. The first-order chi connectivity index (χ1) is 6.69. The zero-order valence-electron chi connectivity index (χ0n) is 7.46. The van der Waals surface area contributed by atoms with E-state index in [-0.39, 0.29) is 12.4 Å². The molecule has 0 fully saturated rings. The molecule has 0 amide bonds. The van der Waals surface area contributed by atoms with Gasteiger partial charge in [0.05, 0.1) is 6.61 Å². The Morgan fingerprint density at radius 3 is 2.79 bits per heavy atom. The van der Waals surface area contributed by atoms with Gasteiger partial charge in [-0.1, -0.05) is 27.5 Å². The minimum absolute atomic E-state index is 0.0493. The second kappa shape index (κ2) is 5.49. The van der Waals surface area contributed by atoms with Crippen LogP contribution in [0.4, 0.5) is 0 Å². The number of aliphatic hydroxyl groups is 1. The topological polar surface area (TPSA) is 37.3 Å².